The molecule has 1 fully saturated rings. The van der Waals surface area contributed by atoms with Crippen LogP contribution in [0.1, 0.15) is 37.8 Å². The second-order valence-corrected chi connectivity index (χ2v) is 9.57. The molecule has 2 heterocycles. The number of methoxy groups -OCH3 is 1. The van der Waals surface area contributed by atoms with E-state index < -0.39 is 41.2 Å². The molecule has 6 atom stereocenters. The number of carbonyl (C=O) groups excluding carboxylic acids is 2. The lowest BCUT2D eigenvalue weighted by Gasteiger charge is -2.61. The molecular formula is C24H31ClN2O7. The van der Waals surface area contributed by atoms with Crippen LogP contribution < -0.4 is 15.2 Å². The maximum Gasteiger partial charge on any atom is 0.352 e. The third kappa shape index (κ3) is 3.17. The molecule has 5 rings (SSSR count). The molecule has 0 amide bonds. The lowest BCUT2D eigenvalue weighted by atomic mass is 9.50. The highest BCUT2D eigenvalue weighted by molar-refractivity contribution is 5.85. The van der Waals surface area contributed by atoms with Crippen molar-refractivity contribution in [2.45, 2.75) is 68.4 Å². The van der Waals surface area contributed by atoms with E-state index in [1.807, 2.05) is 19.2 Å². The number of hydrogen-bond acceptors (Lipinski definition) is 9. The Balaban J connectivity index is 0.00000274. The molecule has 0 unspecified atom stereocenters. The normalized spacial score (nSPS) is 32.2. The second kappa shape index (κ2) is 8.41. The average Bonchev–Trinajstić information content (AvgIpc) is 3.13. The Morgan fingerprint density at radius 3 is 2.71 bits per heavy atom. The summed E-state index contributed by atoms with van der Waals surface area (Å²) in [7, 11) is 3.61. The number of hydrogen-bond donors (Lipinski definition) is 2. The summed E-state index contributed by atoms with van der Waals surface area (Å²) >= 11 is 0. The predicted octanol–water partition coefficient (Wildman–Crippen LogP) is 1.22. The highest BCUT2D eigenvalue weighted by Gasteiger charge is 2.72. The molecular weight excluding hydrogens is 464 g/mol. The quantitative estimate of drug-likeness (QED) is 0.582. The summed E-state index contributed by atoms with van der Waals surface area (Å²) in [5.74, 6) is 0.102. The minimum absolute atomic E-state index is 0. The maximum absolute atomic E-state index is 12.8. The highest BCUT2D eigenvalue weighted by Crippen LogP contribution is 2.65. The Kier molecular flexibility index (Phi) is 6.13. The Hall–Kier alpha value is -2.33. The molecule has 1 saturated heterocycles. The molecule has 0 saturated carbocycles. The van der Waals surface area contributed by atoms with Crippen molar-refractivity contribution < 1.29 is 33.6 Å². The van der Waals surface area contributed by atoms with Crippen LogP contribution in [0.3, 0.4) is 0 Å². The molecule has 3 N–H and O–H groups in total. The molecule has 9 nitrogen and oxygen atoms in total. The lowest BCUT2D eigenvalue weighted by Crippen LogP contribution is -2.74. The van der Waals surface area contributed by atoms with Gasteiger partial charge in [0.2, 0.25) is 0 Å². The third-order valence-corrected chi connectivity index (χ3v) is 7.77. The number of esters is 2. The first-order valence-corrected chi connectivity index (χ1v) is 11.3. The van der Waals surface area contributed by atoms with E-state index >= 15 is 0 Å². The first-order valence-electron chi connectivity index (χ1n) is 11.3. The Morgan fingerprint density at radius 2 is 2.03 bits per heavy atom. The zero-order valence-electron chi connectivity index (χ0n) is 19.7. The molecule has 1 aromatic carbocycles. The van der Waals surface area contributed by atoms with Gasteiger partial charge in [0.05, 0.1) is 18.1 Å². The van der Waals surface area contributed by atoms with Gasteiger partial charge in [-0.25, -0.2) is 4.79 Å². The molecule has 34 heavy (non-hydrogen) atoms. The molecule has 4 aliphatic rings. The number of ether oxygens (including phenoxy) is 4. The van der Waals surface area contributed by atoms with Crippen LogP contribution in [0, 0.1) is 0 Å². The number of rotatable bonds is 5. The number of halogens is 1. The van der Waals surface area contributed by atoms with Gasteiger partial charge in [-0.2, -0.15) is 0 Å². The topological polar surface area (TPSA) is 121 Å². The lowest BCUT2D eigenvalue weighted by molar-refractivity contribution is -0.175. The van der Waals surface area contributed by atoms with Crippen LogP contribution in [-0.2, 0) is 30.9 Å². The van der Waals surface area contributed by atoms with E-state index in [-0.39, 0.29) is 18.4 Å². The fraction of sp³-hybridized carbons (Fsp3) is 0.583. The van der Waals surface area contributed by atoms with Gasteiger partial charge in [0, 0.05) is 18.0 Å². The number of piperidine rings is 1. The van der Waals surface area contributed by atoms with E-state index in [1.165, 1.54) is 13.8 Å². The number of nitrogens with two attached hydrogens (primary N) is 1. The van der Waals surface area contributed by atoms with Crippen molar-refractivity contribution in [1.29, 1.82) is 0 Å². The summed E-state index contributed by atoms with van der Waals surface area (Å²) in [5, 5.41) is 12.2. The minimum Gasteiger partial charge on any atom is -0.493 e. The third-order valence-electron chi connectivity index (χ3n) is 7.77. The van der Waals surface area contributed by atoms with Gasteiger partial charge in [-0.3, -0.25) is 4.79 Å². The Morgan fingerprint density at radius 1 is 1.29 bits per heavy atom. The molecule has 2 aliphatic heterocycles. The highest BCUT2D eigenvalue weighted by atomic mass is 35.5. The van der Waals surface area contributed by atoms with Crippen LogP contribution in [-0.4, -0.2) is 72.5 Å². The van der Waals surface area contributed by atoms with Crippen molar-refractivity contribution in [3.63, 3.8) is 0 Å². The monoisotopic (exact) mass is 494 g/mol. The molecule has 2 bridgehead atoms. The van der Waals surface area contributed by atoms with Crippen LogP contribution in [0.5, 0.6) is 11.5 Å². The van der Waals surface area contributed by atoms with E-state index in [0.29, 0.717) is 36.5 Å². The average molecular weight is 495 g/mol. The van der Waals surface area contributed by atoms with Crippen LogP contribution in [0.15, 0.2) is 24.0 Å². The van der Waals surface area contributed by atoms with E-state index in [1.54, 1.807) is 13.2 Å². The summed E-state index contributed by atoms with van der Waals surface area (Å²) < 4.78 is 22.9. The molecule has 0 radical (unpaired) electrons. The van der Waals surface area contributed by atoms with Gasteiger partial charge in [-0.15, -0.1) is 12.4 Å². The van der Waals surface area contributed by atoms with E-state index in [2.05, 4.69) is 4.90 Å². The minimum atomic E-state index is -1.13. The second-order valence-electron chi connectivity index (χ2n) is 9.57. The van der Waals surface area contributed by atoms with Crippen molar-refractivity contribution >= 4 is 24.3 Å². The van der Waals surface area contributed by atoms with Gasteiger partial charge in [-0.05, 0) is 58.0 Å². The van der Waals surface area contributed by atoms with Gasteiger partial charge in [0.15, 0.2) is 23.7 Å². The summed E-state index contributed by atoms with van der Waals surface area (Å²) in [6, 6.07) is 2.98. The Bertz CT molecular complexity index is 1060. The van der Waals surface area contributed by atoms with Gasteiger partial charge in [0.25, 0.3) is 0 Å². The van der Waals surface area contributed by atoms with Crippen molar-refractivity contribution in [3.05, 3.63) is 35.1 Å². The molecule has 186 valence electrons. The zero-order valence-corrected chi connectivity index (χ0v) is 20.5. The van der Waals surface area contributed by atoms with Gasteiger partial charge >= 0.3 is 11.9 Å². The Labute approximate surface area is 204 Å². The maximum atomic E-state index is 12.8. The van der Waals surface area contributed by atoms with E-state index in [4.69, 9.17) is 24.7 Å². The number of likely N-dealkylation sites (tertiary alicyclic amines) is 1. The van der Waals surface area contributed by atoms with Crippen LogP contribution >= 0.6 is 12.4 Å². The van der Waals surface area contributed by atoms with Crippen LogP contribution in [0.4, 0.5) is 0 Å². The SMILES string of the molecule is COc1ccc2c3c1O[C@H]1C(OC(=O)[C@H](C)OC(=O)[C@H](C)N)=CC[C@@]4(O)[C@H](C2)N(C)CC[C@]314.Cl. The van der Waals surface area contributed by atoms with E-state index in [0.717, 1.165) is 17.7 Å². The fourth-order valence-electron chi connectivity index (χ4n) is 6.12. The summed E-state index contributed by atoms with van der Waals surface area (Å²) in [6.45, 7) is 3.70. The number of benzene rings is 1. The molecule has 1 spiro atoms. The van der Waals surface area contributed by atoms with Crippen molar-refractivity contribution in [2.24, 2.45) is 5.73 Å². The van der Waals surface area contributed by atoms with Gasteiger partial charge < -0.3 is 34.7 Å². The smallest absolute Gasteiger partial charge is 0.352 e. The predicted molar refractivity (Wildman–Crippen MR) is 124 cm³/mol. The largest absolute Gasteiger partial charge is 0.493 e. The van der Waals surface area contributed by atoms with Crippen LogP contribution in [0.2, 0.25) is 0 Å². The van der Waals surface area contributed by atoms with Crippen LogP contribution in [0.25, 0.3) is 0 Å². The molecule has 2 aliphatic carbocycles. The summed E-state index contributed by atoms with van der Waals surface area (Å²) in [4.78, 5) is 26.8. The first kappa shape index (κ1) is 24.8. The van der Waals surface area contributed by atoms with E-state index in [9.17, 15) is 14.7 Å². The number of aliphatic hydroxyl groups is 1. The number of likely N-dealkylation sites (N-methyl/N-ethyl adjacent to an activating group) is 1. The van der Waals surface area contributed by atoms with Gasteiger partial charge in [-0.1, -0.05) is 6.07 Å². The standard InChI is InChI=1S/C24H30N2O7.ClH/c1-12(25)21(27)31-13(2)22(28)32-16-7-8-24(29)17-11-14-5-6-15(30-4)19-18(14)23(24,20(16)33-19)9-10-26(17)3;/h5-7,12-13,17,20,29H,8-11,25H2,1-4H3;1H/t12-,13-,17-,20-,23-,24+;/m0./s1. The summed E-state index contributed by atoms with van der Waals surface area (Å²) in [5.41, 5.74) is 5.75. The van der Waals surface area contributed by atoms with Crippen molar-refractivity contribution in [1.82, 2.24) is 4.90 Å². The van der Waals surface area contributed by atoms with Crippen molar-refractivity contribution in [3.8, 4) is 11.5 Å². The first-order chi connectivity index (χ1) is 15.6. The van der Waals surface area contributed by atoms with Gasteiger partial charge in [0.1, 0.15) is 11.8 Å². The zero-order chi connectivity index (χ0) is 23.7. The fourth-order valence-corrected chi connectivity index (χ4v) is 6.12. The molecule has 0 aromatic heterocycles. The summed E-state index contributed by atoms with van der Waals surface area (Å²) in [6.07, 6.45) is 1.56. The number of nitrogens with zero attached hydrogens (tertiary/aromatic N) is 1. The molecule has 10 heteroatoms. The molecule has 1 aromatic rings. The number of carbonyl (C=O) groups is 2. The van der Waals surface area contributed by atoms with Crippen molar-refractivity contribution in [2.75, 3.05) is 20.7 Å².